The SMILES string of the molecule is O=C(NCC(C(=O)O)c1ccccc1)c1cnc(OCC2CC2)c(Cl)c1. The molecule has 2 aromatic rings. The summed E-state index contributed by atoms with van der Waals surface area (Å²) in [6.07, 6.45) is 3.69. The van der Waals surface area contributed by atoms with Crippen molar-refractivity contribution in [2.75, 3.05) is 13.2 Å². The lowest BCUT2D eigenvalue weighted by Crippen LogP contribution is -2.31. The summed E-state index contributed by atoms with van der Waals surface area (Å²) in [4.78, 5) is 27.9. The molecule has 1 saturated carbocycles. The quantitative estimate of drug-likeness (QED) is 0.741. The van der Waals surface area contributed by atoms with E-state index < -0.39 is 17.8 Å². The topological polar surface area (TPSA) is 88.5 Å². The van der Waals surface area contributed by atoms with Crippen LogP contribution in [0.2, 0.25) is 5.02 Å². The van der Waals surface area contributed by atoms with Crippen LogP contribution in [0.4, 0.5) is 0 Å². The standard InChI is InChI=1S/C19H19ClN2O4/c20-16-8-14(9-22-18(16)26-11-12-6-7-12)17(23)21-10-15(19(24)25)13-4-2-1-3-5-13/h1-5,8-9,12,15H,6-7,10-11H2,(H,21,23)(H,24,25). The van der Waals surface area contributed by atoms with Gasteiger partial charge in [-0.3, -0.25) is 9.59 Å². The molecule has 1 aromatic carbocycles. The van der Waals surface area contributed by atoms with Gasteiger partial charge in [0.05, 0.1) is 18.1 Å². The second kappa shape index (κ2) is 8.19. The fourth-order valence-corrected chi connectivity index (χ4v) is 2.69. The summed E-state index contributed by atoms with van der Waals surface area (Å²) in [5.74, 6) is -1.39. The van der Waals surface area contributed by atoms with Crippen LogP contribution in [0.3, 0.4) is 0 Å². The minimum atomic E-state index is -1.00. The van der Waals surface area contributed by atoms with Gasteiger partial charge in [0, 0.05) is 12.7 Å². The van der Waals surface area contributed by atoms with E-state index in [0.29, 0.717) is 24.0 Å². The highest BCUT2D eigenvalue weighted by molar-refractivity contribution is 6.32. The van der Waals surface area contributed by atoms with E-state index in [0.717, 1.165) is 12.8 Å². The number of nitrogens with zero attached hydrogens (tertiary/aromatic N) is 1. The molecular weight excluding hydrogens is 356 g/mol. The van der Waals surface area contributed by atoms with E-state index in [1.807, 2.05) is 6.07 Å². The van der Waals surface area contributed by atoms with Gasteiger partial charge in [0.15, 0.2) is 0 Å². The van der Waals surface area contributed by atoms with Crippen LogP contribution < -0.4 is 10.1 Å². The number of hydrogen-bond donors (Lipinski definition) is 2. The summed E-state index contributed by atoms with van der Waals surface area (Å²) in [6, 6.07) is 10.2. The number of halogens is 1. The molecule has 1 aromatic heterocycles. The maximum absolute atomic E-state index is 12.3. The van der Waals surface area contributed by atoms with Crippen LogP contribution >= 0.6 is 11.6 Å². The van der Waals surface area contributed by atoms with Crippen LogP contribution in [-0.2, 0) is 4.79 Å². The highest BCUT2D eigenvalue weighted by Crippen LogP contribution is 2.31. The molecule has 1 fully saturated rings. The van der Waals surface area contributed by atoms with Gasteiger partial charge >= 0.3 is 5.97 Å². The van der Waals surface area contributed by atoms with Gasteiger partial charge in [-0.15, -0.1) is 0 Å². The van der Waals surface area contributed by atoms with Crippen molar-refractivity contribution in [2.45, 2.75) is 18.8 Å². The van der Waals surface area contributed by atoms with Crippen molar-refractivity contribution >= 4 is 23.5 Å². The third-order valence-electron chi connectivity index (χ3n) is 4.19. The average molecular weight is 375 g/mol. The van der Waals surface area contributed by atoms with Crippen LogP contribution in [0.25, 0.3) is 0 Å². The van der Waals surface area contributed by atoms with Gasteiger partial charge < -0.3 is 15.2 Å². The Labute approximate surface area is 156 Å². The largest absolute Gasteiger partial charge is 0.481 e. The minimum absolute atomic E-state index is 0.0320. The Balaban J connectivity index is 1.61. The van der Waals surface area contributed by atoms with Gasteiger partial charge in [0.25, 0.3) is 5.91 Å². The van der Waals surface area contributed by atoms with Gasteiger partial charge in [-0.25, -0.2) is 4.98 Å². The first-order valence-electron chi connectivity index (χ1n) is 8.39. The molecule has 6 nitrogen and oxygen atoms in total. The number of hydrogen-bond acceptors (Lipinski definition) is 4. The number of carbonyl (C=O) groups is 2. The first-order chi connectivity index (χ1) is 12.5. The molecule has 0 aliphatic heterocycles. The Kier molecular flexibility index (Phi) is 5.73. The molecule has 0 saturated heterocycles. The highest BCUT2D eigenvalue weighted by Gasteiger charge is 2.23. The average Bonchev–Trinajstić information content (AvgIpc) is 3.45. The molecule has 0 radical (unpaired) electrons. The van der Waals surface area contributed by atoms with E-state index in [1.54, 1.807) is 24.3 Å². The molecule has 1 amide bonds. The summed E-state index contributed by atoms with van der Waals surface area (Å²) in [5, 5.41) is 12.3. The molecule has 1 heterocycles. The van der Waals surface area contributed by atoms with Gasteiger partial charge in [0.1, 0.15) is 5.02 Å². The lowest BCUT2D eigenvalue weighted by Gasteiger charge is -2.14. The number of pyridine rings is 1. The maximum Gasteiger partial charge on any atom is 0.312 e. The Hall–Kier alpha value is -2.60. The van der Waals surface area contributed by atoms with E-state index >= 15 is 0 Å². The molecule has 26 heavy (non-hydrogen) atoms. The third-order valence-corrected chi connectivity index (χ3v) is 4.46. The molecule has 0 spiro atoms. The fourth-order valence-electron chi connectivity index (χ4n) is 2.47. The second-order valence-electron chi connectivity index (χ2n) is 6.28. The summed E-state index contributed by atoms with van der Waals surface area (Å²) < 4.78 is 5.53. The van der Waals surface area contributed by atoms with Crippen molar-refractivity contribution in [3.63, 3.8) is 0 Å². The predicted molar refractivity (Wildman–Crippen MR) is 96.6 cm³/mol. The Morgan fingerprint density at radius 2 is 2.04 bits per heavy atom. The van der Waals surface area contributed by atoms with Gasteiger partial charge in [-0.1, -0.05) is 41.9 Å². The Morgan fingerprint density at radius 1 is 1.31 bits per heavy atom. The molecule has 7 heteroatoms. The smallest absolute Gasteiger partial charge is 0.312 e. The molecule has 3 rings (SSSR count). The zero-order valence-electron chi connectivity index (χ0n) is 14.0. The number of amides is 1. The lowest BCUT2D eigenvalue weighted by molar-refractivity contribution is -0.138. The molecule has 1 aliphatic rings. The number of aromatic nitrogens is 1. The monoisotopic (exact) mass is 374 g/mol. The Bertz CT molecular complexity index is 793. The minimum Gasteiger partial charge on any atom is -0.481 e. The van der Waals surface area contributed by atoms with Crippen molar-refractivity contribution in [3.8, 4) is 5.88 Å². The summed E-state index contributed by atoms with van der Waals surface area (Å²) in [7, 11) is 0. The first kappa shape index (κ1) is 18.2. The summed E-state index contributed by atoms with van der Waals surface area (Å²) in [6.45, 7) is 0.547. The number of nitrogens with one attached hydrogen (secondary N) is 1. The predicted octanol–water partition coefficient (Wildman–Crippen LogP) is 3.12. The zero-order valence-corrected chi connectivity index (χ0v) is 14.8. The van der Waals surface area contributed by atoms with E-state index in [9.17, 15) is 14.7 Å². The molecule has 2 N–H and O–H groups in total. The van der Waals surface area contributed by atoms with Crippen molar-refractivity contribution in [1.29, 1.82) is 0 Å². The molecule has 0 bridgehead atoms. The molecule has 136 valence electrons. The normalized spacial score (nSPS) is 14.5. The van der Waals surface area contributed by atoms with Crippen molar-refractivity contribution in [2.24, 2.45) is 5.92 Å². The number of carboxylic acid groups (broad SMARTS) is 1. The number of carbonyl (C=O) groups excluding carboxylic acids is 1. The number of carboxylic acids is 1. The maximum atomic E-state index is 12.3. The van der Waals surface area contributed by atoms with Gasteiger partial charge in [-0.2, -0.15) is 0 Å². The Morgan fingerprint density at radius 3 is 2.65 bits per heavy atom. The number of ether oxygens (including phenoxy) is 1. The van der Waals surface area contributed by atoms with Crippen LogP contribution in [-0.4, -0.2) is 35.1 Å². The van der Waals surface area contributed by atoms with Crippen LogP contribution in [0, 0.1) is 5.92 Å². The van der Waals surface area contributed by atoms with Crippen molar-refractivity contribution in [1.82, 2.24) is 10.3 Å². The van der Waals surface area contributed by atoms with E-state index in [2.05, 4.69) is 10.3 Å². The van der Waals surface area contributed by atoms with Crippen LogP contribution in [0.1, 0.15) is 34.7 Å². The van der Waals surface area contributed by atoms with E-state index in [1.165, 1.54) is 12.3 Å². The van der Waals surface area contributed by atoms with Crippen LogP contribution in [0.5, 0.6) is 5.88 Å². The first-order valence-corrected chi connectivity index (χ1v) is 8.76. The zero-order chi connectivity index (χ0) is 18.5. The fraction of sp³-hybridized carbons (Fsp3) is 0.316. The van der Waals surface area contributed by atoms with Crippen LogP contribution in [0.15, 0.2) is 42.6 Å². The van der Waals surface area contributed by atoms with E-state index in [-0.39, 0.29) is 17.1 Å². The molecule has 1 atom stereocenters. The van der Waals surface area contributed by atoms with Crippen molar-refractivity contribution < 1.29 is 19.4 Å². The number of aliphatic carboxylic acids is 1. The molecular formula is C19H19ClN2O4. The number of rotatable bonds is 8. The second-order valence-corrected chi connectivity index (χ2v) is 6.68. The third kappa shape index (κ3) is 4.73. The molecule has 1 unspecified atom stereocenters. The molecule has 1 aliphatic carbocycles. The summed E-state index contributed by atoms with van der Waals surface area (Å²) >= 11 is 6.12. The van der Waals surface area contributed by atoms with Crippen molar-refractivity contribution in [3.05, 3.63) is 58.7 Å². The van der Waals surface area contributed by atoms with Gasteiger partial charge in [0.2, 0.25) is 5.88 Å². The summed E-state index contributed by atoms with van der Waals surface area (Å²) in [5.41, 5.74) is 0.881. The highest BCUT2D eigenvalue weighted by atomic mass is 35.5. The van der Waals surface area contributed by atoms with Gasteiger partial charge in [-0.05, 0) is 30.4 Å². The number of benzene rings is 1. The lowest BCUT2D eigenvalue weighted by atomic mass is 9.99. The van der Waals surface area contributed by atoms with E-state index in [4.69, 9.17) is 16.3 Å².